The number of benzene rings is 1. The smallest absolute Gasteiger partial charge is 0.303 e. The van der Waals surface area contributed by atoms with E-state index in [2.05, 4.69) is 0 Å². The van der Waals surface area contributed by atoms with Gasteiger partial charge in [0.2, 0.25) is 6.33 Å². The number of carbonyl (C=O) groups excluding carboxylic acids is 7. The molecule has 0 unspecified atom stereocenters. The minimum Gasteiger partial charge on any atom is -0.489 e. The summed E-state index contributed by atoms with van der Waals surface area (Å²) in [5, 5.41) is 0. The highest BCUT2D eigenvalue weighted by Crippen LogP contribution is 2.34. The molecule has 60 heavy (non-hydrogen) atoms. The lowest BCUT2D eigenvalue weighted by molar-refractivity contribution is -0.671. The molecule has 2 aromatic rings. The molecule has 0 radical (unpaired) electrons. The molecule has 0 aliphatic carbocycles. The molecule has 2 fully saturated rings. The third kappa shape index (κ3) is 14.3. The second-order valence-corrected chi connectivity index (χ2v) is 13.8. The molecule has 2 saturated heterocycles. The Bertz CT molecular complexity index is 1810. The van der Waals surface area contributed by atoms with Crippen molar-refractivity contribution >= 4 is 41.8 Å². The number of carbonyl (C=O) groups is 7. The first kappa shape index (κ1) is 47.0. The zero-order valence-electron chi connectivity index (χ0n) is 34.5. The van der Waals surface area contributed by atoms with Gasteiger partial charge in [-0.05, 0) is 17.7 Å². The topological polar surface area (TPSA) is 239 Å². The Kier molecular flexibility index (Phi) is 17.3. The number of rotatable bonds is 18. The van der Waals surface area contributed by atoms with Gasteiger partial charge in [0.1, 0.15) is 50.1 Å². The molecule has 0 saturated carbocycles. The molecule has 2 aliphatic heterocycles. The Morgan fingerprint density at radius 1 is 0.583 bits per heavy atom. The number of hydrogen-bond donors (Lipinski definition) is 0. The summed E-state index contributed by atoms with van der Waals surface area (Å²) < 4.78 is 72.4. The van der Waals surface area contributed by atoms with Crippen molar-refractivity contribution in [3.8, 4) is 5.75 Å². The van der Waals surface area contributed by atoms with Gasteiger partial charge in [0, 0.05) is 48.5 Å². The summed E-state index contributed by atoms with van der Waals surface area (Å²) in [6.45, 7) is 7.37. The van der Waals surface area contributed by atoms with Crippen molar-refractivity contribution in [2.75, 3.05) is 19.8 Å². The van der Waals surface area contributed by atoms with E-state index in [9.17, 15) is 33.6 Å². The summed E-state index contributed by atoms with van der Waals surface area (Å²) in [6.07, 6.45) is -9.21. The molecule has 1 aromatic heterocycles. The Balaban J connectivity index is 1.61. The van der Waals surface area contributed by atoms with Crippen LogP contribution in [0.25, 0.3) is 0 Å². The van der Waals surface area contributed by atoms with Crippen LogP contribution in [0.15, 0.2) is 43.0 Å². The quantitative estimate of drug-likeness (QED) is 0.113. The number of aromatic nitrogens is 2. The summed E-state index contributed by atoms with van der Waals surface area (Å²) in [7, 11) is 1.92. The SMILES string of the molecule is CC(=O)OC[C@H]1O[C@@H](OC[C@H]2O[C@@H](OCc3ccc(OCCn4cc[n+](C)c4)cc3)[C@H](OC(C)=O)[C@@H](OC(C)=O)[C@@H]2OC(C)=O)[C@H](OC(C)=O)[C@@H](OC(C)=O)[C@@H]1OC(C)=O. The first-order valence-electron chi connectivity index (χ1n) is 18.8. The maximum atomic E-state index is 12.5. The van der Waals surface area contributed by atoms with Crippen LogP contribution >= 0.6 is 0 Å². The van der Waals surface area contributed by atoms with E-state index in [0.717, 1.165) is 48.5 Å². The average Bonchev–Trinajstić information content (AvgIpc) is 3.57. The summed E-state index contributed by atoms with van der Waals surface area (Å²) in [5.41, 5.74) is 0.640. The van der Waals surface area contributed by atoms with Crippen molar-refractivity contribution < 1.29 is 95.0 Å². The normalized spacial score (nSPS) is 26.1. The maximum absolute atomic E-state index is 12.5. The fraction of sp³-hybridized carbons (Fsp3) is 0.590. The minimum atomic E-state index is -1.66. The van der Waals surface area contributed by atoms with Crippen molar-refractivity contribution in [3.63, 3.8) is 0 Å². The number of aryl methyl sites for hydroxylation is 1. The Labute approximate surface area is 345 Å². The number of imidazole rings is 1. The van der Waals surface area contributed by atoms with Crippen LogP contribution in [0.3, 0.4) is 0 Å². The van der Waals surface area contributed by atoms with E-state index in [1.807, 2.05) is 34.9 Å². The van der Waals surface area contributed by atoms with Crippen molar-refractivity contribution in [3.05, 3.63) is 48.5 Å². The molecule has 21 heteroatoms. The Morgan fingerprint density at radius 3 is 1.48 bits per heavy atom. The molecular weight excluding hydrogens is 800 g/mol. The first-order valence-corrected chi connectivity index (χ1v) is 18.8. The highest BCUT2D eigenvalue weighted by molar-refractivity contribution is 5.69. The molecular formula is C39H51N2O19+. The molecule has 3 heterocycles. The average molecular weight is 852 g/mol. The van der Waals surface area contributed by atoms with E-state index in [0.29, 0.717) is 24.5 Å². The number of nitrogens with zero attached hydrogens (tertiary/aromatic N) is 2. The van der Waals surface area contributed by atoms with Crippen LogP contribution in [0.5, 0.6) is 5.75 Å². The summed E-state index contributed by atoms with van der Waals surface area (Å²) in [6, 6.07) is 6.96. The molecule has 4 rings (SSSR count). The van der Waals surface area contributed by atoms with E-state index in [-0.39, 0.29) is 6.61 Å². The highest BCUT2D eigenvalue weighted by atomic mass is 16.8. The number of esters is 7. The van der Waals surface area contributed by atoms with Crippen molar-refractivity contribution in [2.45, 2.75) is 123 Å². The summed E-state index contributed by atoms with van der Waals surface area (Å²) in [4.78, 5) is 85.9. The van der Waals surface area contributed by atoms with Crippen LogP contribution in [-0.4, -0.2) is 128 Å². The van der Waals surface area contributed by atoms with Gasteiger partial charge in [0.15, 0.2) is 49.2 Å². The Morgan fingerprint density at radius 2 is 1.03 bits per heavy atom. The predicted molar refractivity (Wildman–Crippen MR) is 196 cm³/mol. The molecule has 2 aliphatic rings. The van der Waals surface area contributed by atoms with Gasteiger partial charge in [0.05, 0.1) is 20.3 Å². The third-order valence-corrected chi connectivity index (χ3v) is 8.65. The molecule has 0 bridgehead atoms. The number of hydrogen-bond acceptors (Lipinski definition) is 19. The van der Waals surface area contributed by atoms with E-state index in [4.69, 9.17) is 56.8 Å². The molecule has 0 spiro atoms. The first-order chi connectivity index (χ1) is 28.4. The van der Waals surface area contributed by atoms with Gasteiger partial charge < -0.3 is 56.8 Å². The van der Waals surface area contributed by atoms with Gasteiger partial charge in [-0.1, -0.05) is 12.1 Å². The summed E-state index contributed by atoms with van der Waals surface area (Å²) in [5.74, 6) is -5.19. The fourth-order valence-corrected chi connectivity index (χ4v) is 6.40. The lowest BCUT2D eigenvalue weighted by Gasteiger charge is -2.46. The van der Waals surface area contributed by atoms with Crippen molar-refractivity contribution in [1.82, 2.24) is 4.57 Å². The fourth-order valence-electron chi connectivity index (χ4n) is 6.40. The van der Waals surface area contributed by atoms with Crippen LogP contribution in [0.1, 0.15) is 54.0 Å². The van der Waals surface area contributed by atoms with E-state index < -0.39 is 116 Å². The van der Waals surface area contributed by atoms with Crippen LogP contribution in [0, 0.1) is 0 Å². The van der Waals surface area contributed by atoms with Crippen LogP contribution in [-0.2, 0) is 106 Å². The van der Waals surface area contributed by atoms with E-state index in [1.54, 1.807) is 24.3 Å². The standard InChI is InChI=1S/C39H51N2O19/c1-21(42)50-18-30-32(53-22(2)43)34(55-24(4)45)37(58-27(7)48)39(59-30)52-19-31-33(54-23(3)44)35(56-25(5)46)36(57-26(6)47)38(60-31)51-17-28-9-11-29(12-10-28)49-16-15-41-14-13-40(8)20-41/h9-14,20,30-39H,15-19H2,1-8H3/q+1/t30-,31-,32-,33-,34+,35+,36-,37-,38-,39-/m1/s1. The predicted octanol–water partition coefficient (Wildman–Crippen LogP) is 0.528. The monoisotopic (exact) mass is 851 g/mol. The van der Waals surface area contributed by atoms with Gasteiger partial charge in [-0.3, -0.25) is 33.6 Å². The molecule has 1 aromatic carbocycles. The highest BCUT2D eigenvalue weighted by Gasteiger charge is 2.55. The Hall–Kier alpha value is -5.64. The molecule has 330 valence electrons. The van der Waals surface area contributed by atoms with Crippen LogP contribution < -0.4 is 9.30 Å². The van der Waals surface area contributed by atoms with Gasteiger partial charge in [-0.25, -0.2) is 9.13 Å². The maximum Gasteiger partial charge on any atom is 0.303 e. The van der Waals surface area contributed by atoms with Gasteiger partial charge in [-0.2, -0.15) is 0 Å². The molecule has 0 N–H and O–H groups in total. The lowest BCUT2D eigenvalue weighted by Crippen LogP contribution is -2.65. The minimum absolute atomic E-state index is 0.124. The molecule has 0 amide bonds. The number of ether oxygens (including phenoxy) is 12. The molecule has 21 nitrogen and oxygen atoms in total. The lowest BCUT2D eigenvalue weighted by atomic mass is 9.97. The van der Waals surface area contributed by atoms with Gasteiger partial charge in [0.25, 0.3) is 0 Å². The summed E-state index contributed by atoms with van der Waals surface area (Å²) >= 11 is 0. The van der Waals surface area contributed by atoms with Crippen LogP contribution in [0.4, 0.5) is 0 Å². The zero-order valence-corrected chi connectivity index (χ0v) is 34.5. The van der Waals surface area contributed by atoms with E-state index in [1.165, 1.54) is 0 Å². The van der Waals surface area contributed by atoms with Gasteiger partial charge in [-0.15, -0.1) is 0 Å². The second kappa shape index (κ2) is 22.1. The van der Waals surface area contributed by atoms with Gasteiger partial charge >= 0.3 is 41.8 Å². The van der Waals surface area contributed by atoms with Crippen molar-refractivity contribution in [1.29, 1.82) is 0 Å². The second-order valence-electron chi connectivity index (χ2n) is 13.8. The largest absolute Gasteiger partial charge is 0.489 e. The van der Waals surface area contributed by atoms with Crippen LogP contribution in [0.2, 0.25) is 0 Å². The van der Waals surface area contributed by atoms with E-state index >= 15 is 0 Å². The third-order valence-electron chi connectivity index (χ3n) is 8.65. The van der Waals surface area contributed by atoms with Crippen molar-refractivity contribution in [2.24, 2.45) is 7.05 Å². The molecule has 10 atom stereocenters. The zero-order chi connectivity index (χ0) is 44.1.